The standard InChI is InChI=1S/C17H25NO3/c1-2-10-21-17-14-7-8-15(17)20-11-9-18(14)16(19)12-13-5-3-4-6-13/h2-3,5,13-15,17H,1,4,6-12H2. The first kappa shape index (κ1) is 14.8. The van der Waals surface area contributed by atoms with Gasteiger partial charge in [-0.05, 0) is 31.6 Å². The van der Waals surface area contributed by atoms with Gasteiger partial charge in [0.2, 0.25) is 5.91 Å². The highest BCUT2D eigenvalue weighted by atomic mass is 16.5. The van der Waals surface area contributed by atoms with Crippen LogP contribution in [0.3, 0.4) is 0 Å². The number of hydrogen-bond donors (Lipinski definition) is 0. The molecule has 1 saturated heterocycles. The second-order valence-corrected chi connectivity index (χ2v) is 6.20. The van der Waals surface area contributed by atoms with E-state index in [-0.39, 0.29) is 24.2 Å². The van der Waals surface area contributed by atoms with Crippen molar-refractivity contribution in [2.75, 3.05) is 19.8 Å². The normalized spacial score (nSPS) is 35.0. The largest absolute Gasteiger partial charge is 0.374 e. The van der Waals surface area contributed by atoms with Gasteiger partial charge in [0.15, 0.2) is 0 Å². The molecule has 0 aromatic rings. The van der Waals surface area contributed by atoms with Crippen molar-refractivity contribution in [2.24, 2.45) is 5.92 Å². The molecule has 1 amide bonds. The van der Waals surface area contributed by atoms with Gasteiger partial charge in [-0.1, -0.05) is 18.2 Å². The minimum atomic E-state index is 0.00794. The van der Waals surface area contributed by atoms with Crippen LogP contribution in [0.4, 0.5) is 0 Å². The fourth-order valence-electron chi connectivity index (χ4n) is 3.81. The zero-order valence-corrected chi connectivity index (χ0v) is 12.6. The molecule has 0 spiro atoms. The minimum Gasteiger partial charge on any atom is -0.374 e. The van der Waals surface area contributed by atoms with E-state index in [2.05, 4.69) is 18.7 Å². The lowest BCUT2D eigenvalue weighted by Crippen LogP contribution is -2.46. The molecule has 0 radical (unpaired) electrons. The highest BCUT2D eigenvalue weighted by Gasteiger charge is 2.44. The highest BCUT2D eigenvalue weighted by Crippen LogP contribution is 2.33. The van der Waals surface area contributed by atoms with Crippen LogP contribution >= 0.6 is 0 Å². The maximum absolute atomic E-state index is 12.7. The summed E-state index contributed by atoms with van der Waals surface area (Å²) in [5.41, 5.74) is 0. The van der Waals surface area contributed by atoms with Crippen LogP contribution in [-0.2, 0) is 14.3 Å². The Kier molecular flexibility index (Phi) is 4.76. The van der Waals surface area contributed by atoms with Gasteiger partial charge in [-0.2, -0.15) is 0 Å². The van der Waals surface area contributed by atoms with Gasteiger partial charge in [0.1, 0.15) is 6.10 Å². The van der Waals surface area contributed by atoms with Crippen LogP contribution < -0.4 is 0 Å². The molecule has 2 bridgehead atoms. The third-order valence-electron chi connectivity index (χ3n) is 4.83. The van der Waals surface area contributed by atoms with Gasteiger partial charge in [0, 0.05) is 13.0 Å². The SMILES string of the molecule is C=CCOC1C2CCC1N(C(=O)CC1C=CCC1)CCO2. The molecule has 1 aliphatic heterocycles. The number of allylic oxidation sites excluding steroid dienone is 2. The molecule has 1 saturated carbocycles. The zero-order valence-electron chi connectivity index (χ0n) is 12.6. The molecular weight excluding hydrogens is 266 g/mol. The molecule has 3 rings (SSSR count). The van der Waals surface area contributed by atoms with Gasteiger partial charge in [0.25, 0.3) is 0 Å². The second-order valence-electron chi connectivity index (χ2n) is 6.20. The summed E-state index contributed by atoms with van der Waals surface area (Å²) in [5, 5.41) is 0. The van der Waals surface area contributed by atoms with E-state index in [9.17, 15) is 4.79 Å². The van der Waals surface area contributed by atoms with Crippen molar-refractivity contribution >= 4 is 5.91 Å². The molecule has 116 valence electrons. The van der Waals surface area contributed by atoms with Gasteiger partial charge < -0.3 is 14.4 Å². The number of hydrogen-bond acceptors (Lipinski definition) is 3. The summed E-state index contributed by atoms with van der Waals surface area (Å²) in [6.07, 6.45) is 11.1. The molecular formula is C17H25NO3. The van der Waals surface area contributed by atoms with Crippen LogP contribution in [0.5, 0.6) is 0 Å². The Morgan fingerprint density at radius 1 is 1.43 bits per heavy atom. The monoisotopic (exact) mass is 291 g/mol. The van der Waals surface area contributed by atoms with Crippen molar-refractivity contribution in [3.63, 3.8) is 0 Å². The van der Waals surface area contributed by atoms with Crippen LogP contribution in [-0.4, -0.2) is 48.8 Å². The van der Waals surface area contributed by atoms with Gasteiger partial charge in [-0.3, -0.25) is 4.79 Å². The predicted octanol–water partition coefficient (Wildman–Crippen LogP) is 2.30. The molecule has 21 heavy (non-hydrogen) atoms. The smallest absolute Gasteiger partial charge is 0.223 e. The summed E-state index contributed by atoms with van der Waals surface area (Å²) in [5.74, 6) is 0.682. The van der Waals surface area contributed by atoms with Crippen molar-refractivity contribution < 1.29 is 14.3 Å². The average Bonchev–Trinajstić information content (AvgIpc) is 3.04. The van der Waals surface area contributed by atoms with Crippen molar-refractivity contribution in [3.05, 3.63) is 24.8 Å². The van der Waals surface area contributed by atoms with Crippen LogP contribution in [0.25, 0.3) is 0 Å². The van der Waals surface area contributed by atoms with Gasteiger partial charge in [0.05, 0.1) is 25.4 Å². The van der Waals surface area contributed by atoms with E-state index in [1.165, 1.54) is 0 Å². The summed E-state index contributed by atoms with van der Waals surface area (Å²) in [7, 11) is 0. The van der Waals surface area contributed by atoms with Gasteiger partial charge >= 0.3 is 0 Å². The first-order valence-corrected chi connectivity index (χ1v) is 8.10. The summed E-state index contributed by atoms with van der Waals surface area (Å²) in [6, 6.07) is 0.176. The lowest BCUT2D eigenvalue weighted by atomic mass is 10.0. The Bertz CT molecular complexity index is 420. The van der Waals surface area contributed by atoms with Gasteiger partial charge in [-0.15, -0.1) is 6.58 Å². The van der Waals surface area contributed by atoms with E-state index in [4.69, 9.17) is 9.47 Å². The van der Waals surface area contributed by atoms with E-state index < -0.39 is 0 Å². The first-order valence-electron chi connectivity index (χ1n) is 8.10. The van der Waals surface area contributed by atoms with Crippen molar-refractivity contribution in [2.45, 2.75) is 50.4 Å². The number of ether oxygens (including phenoxy) is 2. The van der Waals surface area contributed by atoms with E-state index in [1.54, 1.807) is 6.08 Å². The number of carbonyl (C=O) groups excluding carboxylic acids is 1. The number of nitrogens with zero attached hydrogens (tertiary/aromatic N) is 1. The third kappa shape index (κ3) is 3.22. The Balaban J connectivity index is 1.66. The topological polar surface area (TPSA) is 38.8 Å². The van der Waals surface area contributed by atoms with Crippen LogP contribution in [0, 0.1) is 5.92 Å². The zero-order chi connectivity index (χ0) is 14.7. The molecule has 0 aromatic heterocycles. The minimum absolute atomic E-state index is 0.00794. The Morgan fingerprint density at radius 2 is 2.33 bits per heavy atom. The Labute approximate surface area is 126 Å². The Morgan fingerprint density at radius 3 is 3.10 bits per heavy atom. The third-order valence-corrected chi connectivity index (χ3v) is 4.83. The van der Waals surface area contributed by atoms with E-state index in [0.717, 1.165) is 25.7 Å². The maximum Gasteiger partial charge on any atom is 0.223 e. The first-order chi connectivity index (χ1) is 10.3. The summed E-state index contributed by atoms with van der Waals surface area (Å²) < 4.78 is 11.8. The van der Waals surface area contributed by atoms with E-state index in [1.807, 2.05) is 4.90 Å². The second kappa shape index (κ2) is 6.75. The average molecular weight is 291 g/mol. The van der Waals surface area contributed by atoms with Crippen LogP contribution in [0.1, 0.15) is 32.1 Å². The van der Waals surface area contributed by atoms with E-state index >= 15 is 0 Å². The molecule has 0 N–H and O–H groups in total. The molecule has 4 unspecified atom stereocenters. The summed E-state index contributed by atoms with van der Waals surface area (Å²) in [6.45, 7) is 5.56. The van der Waals surface area contributed by atoms with Gasteiger partial charge in [-0.25, -0.2) is 0 Å². The van der Waals surface area contributed by atoms with Crippen LogP contribution in [0.2, 0.25) is 0 Å². The number of carbonyl (C=O) groups is 1. The summed E-state index contributed by atoms with van der Waals surface area (Å²) >= 11 is 0. The molecule has 4 heteroatoms. The summed E-state index contributed by atoms with van der Waals surface area (Å²) in [4.78, 5) is 14.7. The molecule has 2 aliphatic carbocycles. The highest BCUT2D eigenvalue weighted by molar-refractivity contribution is 5.77. The number of amides is 1. The molecule has 4 nitrogen and oxygen atoms in total. The molecule has 4 atom stereocenters. The van der Waals surface area contributed by atoms with Crippen molar-refractivity contribution in [1.82, 2.24) is 4.90 Å². The predicted molar refractivity (Wildman–Crippen MR) is 80.9 cm³/mol. The van der Waals surface area contributed by atoms with E-state index in [0.29, 0.717) is 32.1 Å². The number of rotatable bonds is 5. The fraction of sp³-hybridized carbons (Fsp3) is 0.706. The number of fused-ring (bicyclic) bond motifs is 2. The van der Waals surface area contributed by atoms with Crippen LogP contribution in [0.15, 0.2) is 24.8 Å². The van der Waals surface area contributed by atoms with Crippen molar-refractivity contribution in [1.29, 1.82) is 0 Å². The molecule has 1 heterocycles. The van der Waals surface area contributed by atoms with Crippen molar-refractivity contribution in [3.8, 4) is 0 Å². The molecule has 2 fully saturated rings. The Hall–Kier alpha value is -1.13. The lowest BCUT2D eigenvalue weighted by Gasteiger charge is -2.31. The lowest BCUT2D eigenvalue weighted by molar-refractivity contribution is -0.136. The molecule has 3 aliphatic rings. The fourth-order valence-corrected chi connectivity index (χ4v) is 3.81. The maximum atomic E-state index is 12.7. The molecule has 0 aromatic carbocycles. The quantitative estimate of drug-likeness (QED) is 0.730.